The minimum Gasteiger partial charge on any atom is -0.389 e. The van der Waals surface area contributed by atoms with Gasteiger partial charge in [-0.3, -0.25) is 4.79 Å². The monoisotopic (exact) mass is 581 g/mol. The van der Waals surface area contributed by atoms with E-state index in [0.717, 1.165) is 41.1 Å². The predicted octanol–water partition coefficient (Wildman–Crippen LogP) is 2.63. The number of nitriles is 1. The molecule has 2 fully saturated rings. The Hall–Kier alpha value is -3.64. The SMILES string of the molecule is CCc1nc2sc(N3CC[C@@H](NCC(=O)N4CC(O)C4)C3)nn2c1N(C)c1nc(-c2ccc(F)cc2)c(C#N)s1. The molecular weight excluding hydrogens is 553 g/mol. The Kier molecular flexibility index (Phi) is 7.13. The topological polar surface area (TPSA) is 126 Å². The lowest BCUT2D eigenvalue weighted by Gasteiger charge is -2.36. The molecule has 208 valence electrons. The minimum atomic E-state index is -0.396. The average molecular weight is 582 g/mol. The van der Waals surface area contributed by atoms with Gasteiger partial charge in [-0.15, -0.1) is 5.10 Å². The number of nitrogens with one attached hydrogen (secondary N) is 1. The summed E-state index contributed by atoms with van der Waals surface area (Å²) in [5, 5.41) is 28.9. The fourth-order valence-corrected chi connectivity index (χ4v) is 6.79. The first-order valence-corrected chi connectivity index (χ1v) is 14.7. The second-order valence-corrected chi connectivity index (χ2v) is 11.8. The van der Waals surface area contributed by atoms with Gasteiger partial charge in [-0.1, -0.05) is 29.6 Å². The molecule has 14 heteroatoms. The van der Waals surface area contributed by atoms with Crippen molar-refractivity contribution in [2.75, 3.05) is 49.6 Å². The zero-order valence-corrected chi connectivity index (χ0v) is 23.7. The molecule has 11 nitrogen and oxygen atoms in total. The highest BCUT2D eigenvalue weighted by atomic mass is 32.1. The number of aliphatic hydroxyl groups is 1. The number of imidazole rings is 1. The van der Waals surface area contributed by atoms with E-state index in [2.05, 4.69) is 16.3 Å². The Labute approximate surface area is 238 Å². The maximum absolute atomic E-state index is 13.5. The number of aryl methyl sites for hydroxylation is 1. The van der Waals surface area contributed by atoms with Crippen LogP contribution in [0.4, 0.5) is 20.5 Å². The van der Waals surface area contributed by atoms with Gasteiger partial charge < -0.3 is 25.1 Å². The number of aliphatic hydroxyl groups excluding tert-OH is 1. The number of nitrogens with zero attached hydrogens (tertiary/aromatic N) is 8. The second kappa shape index (κ2) is 10.7. The van der Waals surface area contributed by atoms with Crippen molar-refractivity contribution in [1.82, 2.24) is 29.8 Å². The predicted molar refractivity (Wildman–Crippen MR) is 152 cm³/mol. The van der Waals surface area contributed by atoms with E-state index in [9.17, 15) is 19.6 Å². The molecule has 1 atom stereocenters. The molecule has 1 amide bonds. The van der Waals surface area contributed by atoms with E-state index < -0.39 is 6.10 Å². The normalized spacial score (nSPS) is 17.4. The van der Waals surface area contributed by atoms with Crippen molar-refractivity contribution in [2.45, 2.75) is 31.9 Å². The number of rotatable bonds is 8. The highest BCUT2D eigenvalue weighted by Gasteiger charge is 2.31. The number of fused-ring (bicyclic) bond motifs is 1. The number of benzene rings is 1. The molecule has 4 aromatic rings. The van der Waals surface area contributed by atoms with Crippen LogP contribution in [-0.2, 0) is 11.2 Å². The first-order chi connectivity index (χ1) is 19.3. The average Bonchev–Trinajstić information content (AvgIpc) is 3.72. The van der Waals surface area contributed by atoms with Crippen LogP contribution in [0.2, 0.25) is 0 Å². The number of halogens is 1. The van der Waals surface area contributed by atoms with Gasteiger partial charge in [0.2, 0.25) is 16.0 Å². The quantitative estimate of drug-likeness (QED) is 0.323. The van der Waals surface area contributed by atoms with E-state index in [1.807, 2.05) is 23.4 Å². The van der Waals surface area contributed by atoms with Crippen molar-refractivity contribution in [1.29, 1.82) is 5.26 Å². The summed E-state index contributed by atoms with van der Waals surface area (Å²) in [6.07, 6.45) is 1.20. The summed E-state index contributed by atoms with van der Waals surface area (Å²) in [5.41, 5.74) is 2.08. The fourth-order valence-electron chi connectivity index (χ4n) is 5.00. The van der Waals surface area contributed by atoms with Gasteiger partial charge in [-0.05, 0) is 37.1 Å². The first kappa shape index (κ1) is 26.6. The van der Waals surface area contributed by atoms with E-state index in [1.54, 1.807) is 17.0 Å². The third-order valence-electron chi connectivity index (χ3n) is 7.23. The number of hydrogen-bond acceptors (Lipinski definition) is 11. The Morgan fingerprint density at radius 2 is 2.02 bits per heavy atom. The van der Waals surface area contributed by atoms with Crippen LogP contribution >= 0.6 is 22.7 Å². The van der Waals surface area contributed by atoms with Crippen LogP contribution in [-0.4, -0.2) is 87.4 Å². The van der Waals surface area contributed by atoms with Gasteiger partial charge in [-0.2, -0.15) is 9.78 Å². The molecular formula is C26H28FN9O2S2. The lowest BCUT2D eigenvalue weighted by molar-refractivity contribution is -0.140. The number of likely N-dealkylation sites (tertiary alicyclic amines) is 1. The molecule has 0 saturated carbocycles. The Morgan fingerprint density at radius 1 is 1.25 bits per heavy atom. The number of hydrogen-bond donors (Lipinski definition) is 2. The number of thiazole rings is 1. The maximum atomic E-state index is 13.5. The molecule has 5 heterocycles. The van der Waals surface area contributed by atoms with Crippen LogP contribution in [0.25, 0.3) is 16.2 Å². The van der Waals surface area contributed by atoms with Crippen molar-refractivity contribution in [2.24, 2.45) is 0 Å². The summed E-state index contributed by atoms with van der Waals surface area (Å²) in [6.45, 7) is 4.68. The molecule has 40 heavy (non-hydrogen) atoms. The molecule has 1 aromatic carbocycles. The lowest BCUT2D eigenvalue weighted by atomic mass is 10.1. The summed E-state index contributed by atoms with van der Waals surface area (Å²) in [5.74, 6) is 0.463. The summed E-state index contributed by atoms with van der Waals surface area (Å²) in [6, 6.07) is 8.37. The molecule has 2 N–H and O–H groups in total. The number of carbonyl (C=O) groups excluding carboxylic acids is 1. The van der Waals surface area contributed by atoms with E-state index in [-0.39, 0.29) is 24.3 Å². The highest BCUT2D eigenvalue weighted by molar-refractivity contribution is 7.20. The van der Waals surface area contributed by atoms with E-state index in [0.29, 0.717) is 40.8 Å². The Morgan fingerprint density at radius 3 is 2.73 bits per heavy atom. The van der Waals surface area contributed by atoms with Crippen LogP contribution in [0, 0.1) is 17.1 Å². The molecule has 0 radical (unpaired) electrons. The van der Waals surface area contributed by atoms with E-state index >= 15 is 0 Å². The molecule has 2 saturated heterocycles. The molecule has 0 aliphatic carbocycles. The fraction of sp³-hybridized carbons (Fsp3) is 0.423. The molecule has 2 aliphatic heterocycles. The largest absolute Gasteiger partial charge is 0.389 e. The smallest absolute Gasteiger partial charge is 0.236 e. The van der Waals surface area contributed by atoms with Gasteiger partial charge in [-0.25, -0.2) is 14.4 Å². The van der Waals surface area contributed by atoms with Crippen molar-refractivity contribution in [3.8, 4) is 17.3 Å². The zero-order valence-electron chi connectivity index (χ0n) is 22.0. The minimum absolute atomic E-state index is 0.0144. The van der Waals surface area contributed by atoms with Crippen LogP contribution < -0.4 is 15.1 Å². The second-order valence-electron chi connectivity index (χ2n) is 9.93. The van der Waals surface area contributed by atoms with Gasteiger partial charge in [0.15, 0.2) is 10.9 Å². The number of carbonyl (C=O) groups is 1. The first-order valence-electron chi connectivity index (χ1n) is 13.1. The highest BCUT2D eigenvalue weighted by Crippen LogP contribution is 2.38. The maximum Gasteiger partial charge on any atom is 0.236 e. The van der Waals surface area contributed by atoms with Gasteiger partial charge in [0.05, 0.1) is 18.3 Å². The van der Waals surface area contributed by atoms with E-state index in [4.69, 9.17) is 15.1 Å². The number of aromatic nitrogens is 4. The summed E-state index contributed by atoms with van der Waals surface area (Å²) < 4.78 is 15.3. The lowest BCUT2D eigenvalue weighted by Crippen LogP contribution is -2.56. The number of β-amino-alcohol motifs (C(OH)–C–C–N with tert-alkyl or cyclic N) is 1. The standard InChI is InChI=1S/C26H28FN9O2S2/c1-3-19-23(33(2)24-31-22(20(10-28)39-24)15-4-6-16(27)7-5-15)36-25(30-19)40-26(32-36)34-9-8-17(12-34)29-11-21(38)35-13-18(37)14-35/h4-7,17-18,29,37H,3,8-9,11-14H2,1-2H3/t17-/m1/s1. The van der Waals surface area contributed by atoms with Crippen LogP contribution in [0.15, 0.2) is 24.3 Å². The van der Waals surface area contributed by atoms with Crippen LogP contribution in [0.5, 0.6) is 0 Å². The summed E-state index contributed by atoms with van der Waals surface area (Å²) in [4.78, 5) is 28.8. The third-order valence-corrected chi connectivity index (χ3v) is 9.23. The van der Waals surface area contributed by atoms with Gasteiger partial charge in [0.25, 0.3) is 0 Å². The van der Waals surface area contributed by atoms with Gasteiger partial charge >= 0.3 is 0 Å². The number of anilines is 3. The third kappa shape index (κ3) is 4.90. The molecule has 3 aromatic heterocycles. The Bertz CT molecular complexity index is 1590. The van der Waals surface area contributed by atoms with Crippen LogP contribution in [0.1, 0.15) is 23.9 Å². The summed E-state index contributed by atoms with van der Waals surface area (Å²) >= 11 is 2.79. The van der Waals surface area contributed by atoms with Gasteiger partial charge in [0.1, 0.15) is 22.5 Å². The Balaban J connectivity index is 1.21. The molecule has 0 spiro atoms. The number of amides is 1. The van der Waals surface area contributed by atoms with Crippen molar-refractivity contribution in [3.05, 3.63) is 40.7 Å². The molecule has 0 unspecified atom stereocenters. The van der Waals surface area contributed by atoms with Crippen LogP contribution in [0.3, 0.4) is 0 Å². The zero-order chi connectivity index (χ0) is 28.0. The van der Waals surface area contributed by atoms with Crippen molar-refractivity contribution >= 4 is 49.6 Å². The molecule has 2 aliphatic rings. The van der Waals surface area contributed by atoms with Crippen molar-refractivity contribution in [3.63, 3.8) is 0 Å². The van der Waals surface area contributed by atoms with Crippen molar-refractivity contribution < 1.29 is 14.3 Å². The molecule has 6 rings (SSSR count). The van der Waals surface area contributed by atoms with E-state index in [1.165, 1.54) is 34.8 Å². The molecule has 0 bridgehead atoms. The summed E-state index contributed by atoms with van der Waals surface area (Å²) in [7, 11) is 1.89. The van der Waals surface area contributed by atoms with Gasteiger partial charge in [0, 0.05) is 44.8 Å².